The van der Waals surface area contributed by atoms with Gasteiger partial charge in [-0.15, -0.1) is 0 Å². The molecular weight excluding hydrogens is 654 g/mol. The quantitative estimate of drug-likeness (QED) is 0.0625. The first kappa shape index (κ1) is 37.1. The Morgan fingerprint density at radius 2 is 0.955 bits per heavy atom. The Labute approximate surface area is 277 Å². The van der Waals surface area contributed by atoms with E-state index in [2.05, 4.69) is 13.2 Å². The number of allylic oxidation sites excluding steroid dienone is 2. The third-order valence-corrected chi connectivity index (χ3v) is 8.06. The number of hydrogen-bond acceptors (Lipinski definition) is 8. The Balaban J connectivity index is 1.61. The van der Waals surface area contributed by atoms with Gasteiger partial charge in [0.05, 0.1) is 23.3 Å². The molecular formula is C32H34Cl4O8. The minimum atomic E-state index is -0.584. The number of ether oxygens (including phenoxy) is 4. The molecule has 44 heavy (non-hydrogen) atoms. The van der Waals surface area contributed by atoms with Crippen LogP contribution < -0.4 is 9.47 Å². The van der Waals surface area contributed by atoms with Crippen molar-refractivity contribution in [2.45, 2.75) is 52.4 Å². The Bertz CT molecular complexity index is 1300. The van der Waals surface area contributed by atoms with Crippen molar-refractivity contribution in [1.29, 1.82) is 0 Å². The number of unbranched alkanes of at least 4 members (excludes halogenated alkanes) is 3. The van der Waals surface area contributed by atoms with Gasteiger partial charge in [-0.05, 0) is 73.9 Å². The number of benzene rings is 2. The monoisotopic (exact) mass is 686 g/mol. The van der Waals surface area contributed by atoms with E-state index in [0.29, 0.717) is 36.8 Å². The van der Waals surface area contributed by atoms with Crippen LogP contribution in [0.15, 0.2) is 48.6 Å². The normalized spacial score (nSPS) is 10.6. The summed E-state index contributed by atoms with van der Waals surface area (Å²) in [4.78, 5) is 48.7. The molecule has 0 N–H and O–H groups in total. The summed E-state index contributed by atoms with van der Waals surface area (Å²) in [7, 11) is 0. The van der Waals surface area contributed by atoms with E-state index in [-0.39, 0.29) is 80.7 Å². The van der Waals surface area contributed by atoms with E-state index in [9.17, 15) is 19.2 Å². The zero-order valence-electron chi connectivity index (χ0n) is 24.6. The summed E-state index contributed by atoms with van der Waals surface area (Å²) >= 11 is 24.9. The van der Waals surface area contributed by atoms with Gasteiger partial charge in [-0.3, -0.25) is 9.59 Å². The lowest BCUT2D eigenvalue weighted by Gasteiger charge is -2.12. The highest BCUT2D eigenvalue weighted by Gasteiger charge is 2.20. The van der Waals surface area contributed by atoms with Gasteiger partial charge in [-0.25, -0.2) is 9.59 Å². The fraction of sp³-hybridized carbons (Fsp3) is 0.375. The molecule has 0 heterocycles. The maximum atomic E-state index is 12.3. The molecule has 0 radical (unpaired) electrons. The number of halogens is 4. The van der Waals surface area contributed by atoms with E-state index in [1.54, 1.807) is 0 Å². The van der Waals surface area contributed by atoms with Crippen molar-refractivity contribution < 1.29 is 38.1 Å². The summed E-state index contributed by atoms with van der Waals surface area (Å²) in [6.07, 6.45) is 3.65. The minimum absolute atomic E-state index is 0.0238. The summed E-state index contributed by atoms with van der Waals surface area (Å²) < 4.78 is 21.1. The van der Waals surface area contributed by atoms with Crippen molar-refractivity contribution in [1.82, 2.24) is 0 Å². The second-order valence-electron chi connectivity index (χ2n) is 9.48. The Kier molecular flexibility index (Phi) is 15.8. The summed E-state index contributed by atoms with van der Waals surface area (Å²) in [6, 6.07) is 5.88. The van der Waals surface area contributed by atoms with Crippen LogP contribution in [0.25, 0.3) is 0 Å². The van der Waals surface area contributed by atoms with Gasteiger partial charge in [-0.1, -0.05) is 73.4 Å². The molecule has 0 aliphatic carbocycles. The molecule has 0 fully saturated rings. The van der Waals surface area contributed by atoms with E-state index in [4.69, 9.17) is 65.4 Å². The molecule has 0 atom stereocenters. The molecule has 2 aromatic carbocycles. The number of rotatable bonds is 19. The Morgan fingerprint density at radius 1 is 0.591 bits per heavy atom. The predicted octanol–water partition coefficient (Wildman–Crippen LogP) is 8.70. The average molecular weight is 688 g/mol. The lowest BCUT2D eigenvalue weighted by atomic mass is 10.0. The molecule has 2 rings (SSSR count). The first-order chi connectivity index (χ1) is 20.9. The SMILES string of the molecule is C=C(CC)C(=O)c1ccc(OCC(=O)OCCCCCCOC(=O)COc2ccc(C(=O)C(=C)CC)c(Cl)c2Cl)c(Cl)c1Cl. The molecule has 0 bridgehead atoms. The van der Waals surface area contributed by atoms with Crippen LogP contribution in [0, 0.1) is 0 Å². The maximum absolute atomic E-state index is 12.3. The molecule has 0 amide bonds. The van der Waals surface area contributed by atoms with Crippen molar-refractivity contribution in [3.05, 3.63) is 79.8 Å². The lowest BCUT2D eigenvalue weighted by Crippen LogP contribution is -2.16. The van der Waals surface area contributed by atoms with Crippen LogP contribution in [0.5, 0.6) is 11.5 Å². The third kappa shape index (κ3) is 10.8. The van der Waals surface area contributed by atoms with Gasteiger partial charge in [0.2, 0.25) is 0 Å². The largest absolute Gasteiger partial charge is 0.480 e. The Hall–Kier alpha value is -3.04. The standard InChI is InChI=1S/C32H34Cl4O8/c1-5-19(3)31(39)21-11-13-23(29(35)27(21)33)43-17-25(37)41-15-9-7-8-10-16-42-26(38)18-44-24-14-12-22(28(34)30(24)36)32(40)20(4)6-2/h11-14H,3-10,15-18H2,1-2H3. The number of carbonyl (C=O) groups excluding carboxylic acids is 4. The van der Waals surface area contributed by atoms with E-state index >= 15 is 0 Å². The van der Waals surface area contributed by atoms with E-state index in [1.807, 2.05) is 13.8 Å². The molecule has 0 aliphatic rings. The van der Waals surface area contributed by atoms with Crippen LogP contribution in [-0.4, -0.2) is 49.9 Å². The highest BCUT2D eigenvalue weighted by atomic mass is 35.5. The molecule has 12 heteroatoms. The van der Waals surface area contributed by atoms with Crippen molar-refractivity contribution in [2.75, 3.05) is 26.4 Å². The molecule has 2 aromatic rings. The molecule has 0 aliphatic heterocycles. The van der Waals surface area contributed by atoms with Crippen LogP contribution >= 0.6 is 46.4 Å². The zero-order valence-corrected chi connectivity index (χ0v) is 27.6. The third-order valence-electron chi connectivity index (χ3n) is 6.33. The van der Waals surface area contributed by atoms with Crippen molar-refractivity contribution in [2.24, 2.45) is 0 Å². The molecule has 238 valence electrons. The summed E-state index contributed by atoms with van der Waals surface area (Å²) in [5.74, 6) is -1.47. The van der Waals surface area contributed by atoms with Crippen molar-refractivity contribution >= 4 is 69.9 Å². The molecule has 0 unspecified atom stereocenters. The molecule has 0 spiro atoms. The van der Waals surface area contributed by atoms with Crippen LogP contribution in [0.1, 0.15) is 73.1 Å². The van der Waals surface area contributed by atoms with E-state index in [0.717, 1.165) is 12.8 Å². The van der Waals surface area contributed by atoms with Gasteiger partial charge in [0, 0.05) is 11.1 Å². The van der Waals surface area contributed by atoms with Gasteiger partial charge < -0.3 is 18.9 Å². The highest BCUT2D eigenvalue weighted by Crippen LogP contribution is 2.37. The lowest BCUT2D eigenvalue weighted by molar-refractivity contribution is -0.147. The van der Waals surface area contributed by atoms with Crippen LogP contribution in [0.4, 0.5) is 0 Å². The number of hydrogen-bond donors (Lipinski definition) is 0. The molecule has 0 saturated heterocycles. The molecule has 8 nitrogen and oxygen atoms in total. The second-order valence-corrected chi connectivity index (χ2v) is 11.0. The van der Waals surface area contributed by atoms with Crippen LogP contribution in [-0.2, 0) is 19.1 Å². The molecule has 0 saturated carbocycles. The first-order valence-corrected chi connectivity index (χ1v) is 15.4. The fourth-order valence-corrected chi connectivity index (χ4v) is 4.55. The van der Waals surface area contributed by atoms with E-state index < -0.39 is 11.9 Å². The Morgan fingerprint density at radius 3 is 1.30 bits per heavy atom. The van der Waals surface area contributed by atoms with Gasteiger partial charge in [-0.2, -0.15) is 0 Å². The summed E-state index contributed by atoms with van der Waals surface area (Å²) in [6.45, 7) is 10.7. The minimum Gasteiger partial charge on any atom is -0.480 e. The highest BCUT2D eigenvalue weighted by molar-refractivity contribution is 6.46. The van der Waals surface area contributed by atoms with Crippen LogP contribution in [0.3, 0.4) is 0 Å². The zero-order chi connectivity index (χ0) is 32.8. The topological polar surface area (TPSA) is 105 Å². The number of carbonyl (C=O) groups is 4. The molecule has 0 aromatic heterocycles. The van der Waals surface area contributed by atoms with Gasteiger partial charge >= 0.3 is 11.9 Å². The van der Waals surface area contributed by atoms with Crippen molar-refractivity contribution in [3.63, 3.8) is 0 Å². The predicted molar refractivity (Wildman–Crippen MR) is 172 cm³/mol. The smallest absolute Gasteiger partial charge is 0.344 e. The summed E-state index contributed by atoms with van der Waals surface area (Å²) in [5, 5.41) is 0.109. The van der Waals surface area contributed by atoms with Gasteiger partial charge in [0.25, 0.3) is 0 Å². The first-order valence-electron chi connectivity index (χ1n) is 13.9. The summed E-state index contributed by atoms with van der Waals surface area (Å²) in [5.41, 5.74) is 1.23. The van der Waals surface area contributed by atoms with Crippen LogP contribution in [0.2, 0.25) is 20.1 Å². The average Bonchev–Trinajstić information content (AvgIpc) is 3.02. The fourth-order valence-electron chi connectivity index (χ4n) is 3.63. The number of esters is 2. The number of Topliss-reactive ketones (excluding diaryl/α,β-unsaturated/α-hetero) is 2. The van der Waals surface area contributed by atoms with Gasteiger partial charge in [0.15, 0.2) is 24.8 Å². The maximum Gasteiger partial charge on any atom is 0.344 e. The van der Waals surface area contributed by atoms with Crippen molar-refractivity contribution in [3.8, 4) is 11.5 Å². The van der Waals surface area contributed by atoms with E-state index in [1.165, 1.54) is 24.3 Å². The number of ketones is 2. The second kappa shape index (κ2) is 18.7. The van der Waals surface area contributed by atoms with Gasteiger partial charge in [0.1, 0.15) is 21.5 Å².